The predicted octanol–water partition coefficient (Wildman–Crippen LogP) is -1.18. The predicted molar refractivity (Wildman–Crippen MR) is 116 cm³/mol. The maximum atomic E-state index is 13.1. The van der Waals surface area contributed by atoms with Gasteiger partial charge >= 0.3 is 5.97 Å². The molecule has 13 heteroatoms. The Bertz CT molecular complexity index is 998. The van der Waals surface area contributed by atoms with Crippen molar-refractivity contribution in [3.8, 4) is 0 Å². The number of aliphatic hydroxyl groups excluding tert-OH is 1. The molecule has 2 heterocycles. The Hall–Kier alpha value is -3.87. The fourth-order valence-corrected chi connectivity index (χ4v) is 3.39. The summed E-state index contributed by atoms with van der Waals surface area (Å²) in [7, 11) is 0. The van der Waals surface area contributed by atoms with Gasteiger partial charge in [0, 0.05) is 12.0 Å². The van der Waals surface area contributed by atoms with Gasteiger partial charge in [0.15, 0.2) is 0 Å². The lowest BCUT2D eigenvalue weighted by Gasteiger charge is -2.26. The topological polar surface area (TPSA) is 188 Å². The van der Waals surface area contributed by atoms with Gasteiger partial charge in [0.2, 0.25) is 18.1 Å². The highest BCUT2D eigenvalue weighted by Crippen LogP contribution is 2.14. The summed E-state index contributed by atoms with van der Waals surface area (Å²) in [5.41, 5.74) is 0.375. The largest absolute Gasteiger partial charge is 0.434 e. The lowest BCUT2D eigenvalue weighted by Crippen LogP contribution is -2.57. The van der Waals surface area contributed by atoms with Gasteiger partial charge in [-0.3, -0.25) is 19.2 Å². The quantitative estimate of drug-likeness (QED) is 0.265. The molecule has 3 rings (SSSR count). The second-order valence-corrected chi connectivity index (χ2v) is 8.21. The van der Waals surface area contributed by atoms with Crippen molar-refractivity contribution in [3.63, 3.8) is 0 Å². The molecule has 5 N–H and O–H groups in total. The van der Waals surface area contributed by atoms with Gasteiger partial charge in [0.1, 0.15) is 23.9 Å². The number of tetrazole rings is 1. The minimum absolute atomic E-state index is 0.164. The Balaban J connectivity index is 1.69. The van der Waals surface area contributed by atoms with E-state index in [-0.39, 0.29) is 25.2 Å². The van der Waals surface area contributed by atoms with E-state index in [1.54, 1.807) is 44.2 Å². The highest BCUT2D eigenvalue weighted by molar-refractivity contribution is 5.98. The number of rotatable bonds is 10. The first-order chi connectivity index (χ1) is 16.2. The lowest BCUT2D eigenvalue weighted by atomic mass is 10.0. The van der Waals surface area contributed by atoms with Gasteiger partial charge in [-0.2, -0.15) is 0 Å². The smallest absolute Gasteiger partial charge is 0.310 e. The average molecular weight is 473 g/mol. The number of nitrogens with one attached hydrogen (secondary N) is 4. The Morgan fingerprint density at radius 2 is 1.91 bits per heavy atom. The monoisotopic (exact) mass is 473 g/mol. The normalized spacial score (nSPS) is 19.2. The van der Waals surface area contributed by atoms with Gasteiger partial charge in [-0.05, 0) is 34.9 Å². The highest BCUT2D eigenvalue weighted by atomic mass is 16.6. The molecule has 3 amide bonds. The van der Waals surface area contributed by atoms with Crippen LogP contribution in [0.2, 0.25) is 0 Å². The number of ether oxygens (including phenoxy) is 1. The first-order valence-electron chi connectivity index (χ1n) is 10.8. The molecule has 34 heavy (non-hydrogen) atoms. The Labute approximate surface area is 195 Å². The highest BCUT2D eigenvalue weighted by Gasteiger charge is 2.37. The maximum Gasteiger partial charge on any atom is 0.310 e. The number of amides is 3. The third-order valence-corrected chi connectivity index (χ3v) is 5.27. The minimum atomic E-state index is -1.45. The molecule has 1 fully saturated rings. The van der Waals surface area contributed by atoms with Crippen molar-refractivity contribution in [2.75, 3.05) is 0 Å². The Kier molecular flexibility index (Phi) is 8.24. The number of carbonyl (C=O) groups excluding carboxylic acids is 4. The van der Waals surface area contributed by atoms with Gasteiger partial charge < -0.3 is 25.8 Å². The van der Waals surface area contributed by atoms with Crippen molar-refractivity contribution in [2.24, 2.45) is 5.92 Å². The van der Waals surface area contributed by atoms with Crippen LogP contribution in [0.3, 0.4) is 0 Å². The molecule has 0 saturated carbocycles. The SMILES string of the molecule is CC(C)[C@H](NC(=O)[C@H](CCc1nnn[nH]1)NC(=O)c1ccccc1)C(=O)N[C@H]1CC(=O)OC1O. The van der Waals surface area contributed by atoms with Crippen molar-refractivity contribution in [1.29, 1.82) is 0 Å². The van der Waals surface area contributed by atoms with E-state index in [2.05, 4.69) is 41.3 Å². The van der Waals surface area contributed by atoms with Crippen molar-refractivity contribution in [2.45, 2.75) is 57.5 Å². The van der Waals surface area contributed by atoms with E-state index in [0.29, 0.717) is 11.4 Å². The summed E-state index contributed by atoms with van der Waals surface area (Å²) >= 11 is 0. The number of H-pyrrole nitrogens is 1. The molecule has 1 saturated heterocycles. The second kappa shape index (κ2) is 11.3. The van der Waals surface area contributed by atoms with Crippen LogP contribution in [0, 0.1) is 5.92 Å². The molecule has 0 aliphatic carbocycles. The summed E-state index contributed by atoms with van der Waals surface area (Å²) in [5.74, 6) is -2.14. The summed E-state index contributed by atoms with van der Waals surface area (Å²) in [4.78, 5) is 50.0. The first-order valence-corrected chi connectivity index (χ1v) is 10.8. The molecule has 4 atom stereocenters. The number of benzene rings is 1. The molecule has 2 aromatic rings. The Morgan fingerprint density at radius 1 is 1.18 bits per heavy atom. The van der Waals surface area contributed by atoms with Gasteiger partial charge in [-0.25, -0.2) is 5.10 Å². The molecule has 1 aliphatic heterocycles. The average Bonchev–Trinajstić information content (AvgIpc) is 3.43. The van der Waals surface area contributed by atoms with Crippen LogP contribution in [0.25, 0.3) is 0 Å². The molecule has 0 radical (unpaired) electrons. The summed E-state index contributed by atoms with van der Waals surface area (Å²) in [6.45, 7) is 3.46. The van der Waals surface area contributed by atoms with Crippen molar-refractivity contribution < 1.29 is 29.0 Å². The second-order valence-electron chi connectivity index (χ2n) is 8.21. The van der Waals surface area contributed by atoms with Gasteiger partial charge in [0.05, 0.1) is 6.42 Å². The molecule has 182 valence electrons. The summed E-state index contributed by atoms with van der Waals surface area (Å²) in [6, 6.07) is 5.52. The van der Waals surface area contributed by atoms with Crippen LogP contribution >= 0.6 is 0 Å². The zero-order valence-electron chi connectivity index (χ0n) is 18.7. The molecule has 0 bridgehead atoms. The zero-order valence-corrected chi connectivity index (χ0v) is 18.7. The lowest BCUT2D eigenvalue weighted by molar-refractivity contribution is -0.155. The molecule has 1 aromatic carbocycles. The zero-order chi connectivity index (χ0) is 24.7. The first kappa shape index (κ1) is 24.8. The standard InChI is InChI=1S/C21H27N7O6/c1-11(2)17(20(32)23-14-10-16(29)34-21(14)33)24-19(31)13(8-9-15-25-27-28-26-15)22-18(30)12-6-4-3-5-7-12/h3-7,11,13-14,17,21,33H,8-10H2,1-2H3,(H,22,30)(H,23,32)(H,24,31)(H,25,26,27,28)/t13-,14-,17-,21?/m0/s1. The number of aliphatic hydroxyl groups is 1. The van der Waals surface area contributed by atoms with Gasteiger partial charge in [-0.15, -0.1) is 5.10 Å². The summed E-state index contributed by atoms with van der Waals surface area (Å²) < 4.78 is 4.64. The van der Waals surface area contributed by atoms with Crippen LogP contribution in [0.1, 0.15) is 42.9 Å². The number of aryl methyl sites for hydroxylation is 1. The van der Waals surface area contributed by atoms with Crippen LogP contribution in [0.5, 0.6) is 0 Å². The summed E-state index contributed by atoms with van der Waals surface area (Å²) in [5, 5.41) is 31.0. The van der Waals surface area contributed by atoms with Crippen LogP contribution in [-0.4, -0.2) is 73.8 Å². The van der Waals surface area contributed by atoms with Crippen LogP contribution in [-0.2, 0) is 25.5 Å². The number of aromatic amines is 1. The Morgan fingerprint density at radius 3 is 2.50 bits per heavy atom. The molecular formula is C21H27N7O6. The summed E-state index contributed by atoms with van der Waals surface area (Å²) in [6.07, 6.45) is -1.19. The van der Waals surface area contributed by atoms with E-state index >= 15 is 0 Å². The van der Waals surface area contributed by atoms with Gasteiger partial charge in [-0.1, -0.05) is 32.0 Å². The van der Waals surface area contributed by atoms with E-state index in [1.165, 1.54) is 0 Å². The number of hydrogen-bond acceptors (Lipinski definition) is 9. The molecular weight excluding hydrogens is 446 g/mol. The van der Waals surface area contributed by atoms with Gasteiger partial charge in [0.25, 0.3) is 5.91 Å². The van der Waals surface area contributed by atoms with E-state index < -0.39 is 48.1 Å². The number of nitrogens with zero attached hydrogens (tertiary/aromatic N) is 3. The molecule has 1 aliphatic rings. The van der Waals surface area contributed by atoms with Crippen molar-refractivity contribution in [1.82, 2.24) is 36.6 Å². The van der Waals surface area contributed by atoms with Crippen molar-refractivity contribution in [3.05, 3.63) is 41.7 Å². The molecule has 1 aromatic heterocycles. The van der Waals surface area contributed by atoms with Crippen molar-refractivity contribution >= 4 is 23.7 Å². The fraction of sp³-hybridized carbons (Fsp3) is 0.476. The fourth-order valence-electron chi connectivity index (χ4n) is 3.39. The number of hydrogen-bond donors (Lipinski definition) is 5. The maximum absolute atomic E-state index is 13.1. The van der Waals surface area contributed by atoms with Crippen LogP contribution < -0.4 is 16.0 Å². The van der Waals surface area contributed by atoms with E-state index in [1.807, 2.05) is 0 Å². The number of carbonyl (C=O) groups is 4. The number of esters is 1. The molecule has 0 spiro atoms. The molecule has 1 unspecified atom stereocenters. The van der Waals surface area contributed by atoms with Crippen LogP contribution in [0.15, 0.2) is 30.3 Å². The third-order valence-electron chi connectivity index (χ3n) is 5.27. The molecule has 13 nitrogen and oxygen atoms in total. The minimum Gasteiger partial charge on any atom is -0.434 e. The van der Waals surface area contributed by atoms with E-state index in [9.17, 15) is 24.3 Å². The third kappa shape index (κ3) is 6.57. The number of aromatic nitrogens is 4. The van der Waals surface area contributed by atoms with E-state index in [4.69, 9.17) is 0 Å². The van der Waals surface area contributed by atoms with Crippen LogP contribution in [0.4, 0.5) is 0 Å². The number of cyclic esters (lactones) is 1. The van der Waals surface area contributed by atoms with E-state index in [0.717, 1.165) is 0 Å².